The minimum absolute atomic E-state index is 0.0246. The Morgan fingerprint density at radius 2 is 1.64 bits per heavy atom. The molecule has 53 heavy (non-hydrogen) atoms. The Hall–Kier alpha value is -1.44. The van der Waals surface area contributed by atoms with E-state index < -0.39 is 21.2 Å². The van der Waals surface area contributed by atoms with E-state index in [0.717, 1.165) is 45.4 Å². The molecule has 0 bridgehead atoms. The zero-order chi connectivity index (χ0) is 38.4. The Morgan fingerprint density at radius 1 is 0.962 bits per heavy atom. The number of halogens is 1. The lowest BCUT2D eigenvalue weighted by Crippen LogP contribution is -2.68. The van der Waals surface area contributed by atoms with Gasteiger partial charge in [0.2, 0.25) is 5.67 Å². The molecule has 1 heterocycles. The molecule has 7 rings (SSSR count). The van der Waals surface area contributed by atoms with Crippen molar-refractivity contribution in [3.8, 4) is 0 Å². The first kappa shape index (κ1) is 39.8. The highest BCUT2D eigenvalue weighted by atomic mass is 32.2. The van der Waals surface area contributed by atoms with Gasteiger partial charge in [-0.2, -0.15) is 0 Å². The van der Waals surface area contributed by atoms with Crippen molar-refractivity contribution in [2.75, 3.05) is 32.4 Å². The first-order chi connectivity index (χ1) is 24.7. The van der Waals surface area contributed by atoms with Crippen LogP contribution in [0.25, 0.3) is 0 Å². The van der Waals surface area contributed by atoms with Crippen LogP contribution < -0.4 is 5.32 Å². The largest absolute Gasteiger partial charge is 0.479 e. The number of hydrogen-bond acceptors (Lipinski definition) is 4. The van der Waals surface area contributed by atoms with Crippen LogP contribution >= 0.6 is 0 Å². The van der Waals surface area contributed by atoms with Crippen molar-refractivity contribution in [3.05, 3.63) is 35.5 Å². The molecule has 2 N–H and O–H groups in total. The summed E-state index contributed by atoms with van der Waals surface area (Å²) in [6.45, 7) is 24.2. The minimum Gasteiger partial charge on any atom is -0.479 e. The molecule has 7 aliphatic rings. The van der Waals surface area contributed by atoms with E-state index in [9.17, 15) is 18.5 Å². The minimum atomic E-state index is -2.07. The Bertz CT molecular complexity index is 1630. The van der Waals surface area contributed by atoms with Crippen LogP contribution in [0, 0.1) is 51.2 Å². The highest BCUT2D eigenvalue weighted by Crippen LogP contribution is 2.76. The summed E-state index contributed by atoms with van der Waals surface area (Å²) < 4.78 is 27.5. The van der Waals surface area contributed by atoms with Gasteiger partial charge in [-0.05, 0) is 189 Å². The summed E-state index contributed by atoms with van der Waals surface area (Å²) in [5.74, 6) is 5.90. The monoisotopic (exact) mass is 753 g/mol. The van der Waals surface area contributed by atoms with E-state index in [4.69, 9.17) is 0 Å². The molecule has 5 nitrogen and oxygen atoms in total. The molecular weight excluding hydrogens is 680 g/mol. The molecule has 1 saturated heterocycles. The van der Waals surface area contributed by atoms with E-state index in [2.05, 4.69) is 76.4 Å². The van der Waals surface area contributed by atoms with Crippen LogP contribution in [0.15, 0.2) is 35.5 Å². The van der Waals surface area contributed by atoms with Gasteiger partial charge in [0.05, 0.1) is 0 Å². The fraction of sp³-hybridized carbons (Fsp3) is 0.826. The maximum Gasteiger partial charge on any atom is 0.341 e. The Balaban J connectivity index is 1.09. The Morgan fingerprint density at radius 3 is 2.26 bits per heavy atom. The summed E-state index contributed by atoms with van der Waals surface area (Å²) in [6.07, 6.45) is 21.4. The number of carbonyl (C=O) groups is 1. The van der Waals surface area contributed by atoms with Gasteiger partial charge in [-0.3, -0.25) is 4.21 Å². The standard InChI is InChI=1S/C46H73FN2O3S/c1-31(2)35-15-23-46(48-26-29-49-27-17-34(18-28-49)53(8,9)52)25-24-43(6)36(39(35)46)10-11-38-42(5)19-14-33(41(3,4)37(42)16-20-44(38,43)7)30-32-12-21-45(47,22-13-32)40(50)51/h14,30,34-39,48H,1,8,10-13,15-29H2,2-7,9H3,(H,50,51)/t35-,36+,37-,38+,39+,42-,43+,44+,45?,46-,53?/m0/s1. The molecule has 5 saturated carbocycles. The van der Waals surface area contributed by atoms with Crippen LogP contribution in [0.4, 0.5) is 4.39 Å². The second-order valence-electron chi connectivity index (χ2n) is 21.0. The lowest BCUT2D eigenvalue weighted by molar-refractivity contribution is -0.221. The highest BCUT2D eigenvalue weighted by molar-refractivity contribution is 8.00. The van der Waals surface area contributed by atoms with Gasteiger partial charge in [-0.1, -0.05) is 64.5 Å². The van der Waals surface area contributed by atoms with Crippen LogP contribution in [-0.2, 0) is 14.3 Å². The van der Waals surface area contributed by atoms with E-state index in [1.807, 2.05) is 6.26 Å². The third-order valence-corrected chi connectivity index (χ3v) is 20.2. The molecule has 7 heteroatoms. The highest BCUT2D eigenvalue weighted by Gasteiger charge is 2.70. The summed E-state index contributed by atoms with van der Waals surface area (Å²) in [4.78, 5) is 14.1. The fourth-order valence-electron chi connectivity index (χ4n) is 15.0. The number of carboxylic acid groups (broad SMARTS) is 1. The van der Waals surface area contributed by atoms with Gasteiger partial charge in [-0.25, -0.2) is 9.18 Å². The van der Waals surface area contributed by atoms with Gasteiger partial charge >= 0.3 is 5.97 Å². The van der Waals surface area contributed by atoms with Crippen LogP contribution in [0.2, 0.25) is 0 Å². The molecule has 6 aliphatic carbocycles. The third-order valence-electron chi connectivity index (χ3n) is 18.3. The molecule has 0 amide bonds. The van der Waals surface area contributed by atoms with Crippen molar-refractivity contribution in [1.82, 2.24) is 10.2 Å². The van der Waals surface area contributed by atoms with Crippen molar-refractivity contribution in [2.45, 2.75) is 154 Å². The number of nitrogens with zero attached hydrogens (tertiary/aromatic N) is 1. The zero-order valence-corrected chi connectivity index (χ0v) is 35.3. The van der Waals surface area contributed by atoms with Gasteiger partial charge in [-0.15, -0.1) is 0 Å². The second-order valence-corrected chi connectivity index (χ2v) is 23.9. The van der Waals surface area contributed by atoms with Crippen molar-refractivity contribution in [3.63, 3.8) is 0 Å². The molecule has 0 aromatic heterocycles. The summed E-state index contributed by atoms with van der Waals surface area (Å²) >= 11 is 0. The van der Waals surface area contributed by atoms with Gasteiger partial charge in [0.1, 0.15) is 0 Å². The SMILES string of the molecule is C=C(C)[C@@H]1CC[C@]2(NCCN3CCC(S(=C)(C)=O)CC3)CC[C@]3(C)[C@H](CC[C@@H]4[C@@]5(C)CC=C(C=C6CCC(F)(C(=O)O)CC6)C(C)(C)[C@@H]5CC[C@]43C)[C@@H]12. The Kier molecular flexibility index (Phi) is 10.2. The number of nitrogens with one attached hydrogen (secondary N) is 1. The van der Waals surface area contributed by atoms with Crippen LogP contribution in [0.5, 0.6) is 0 Å². The predicted octanol–water partition coefficient (Wildman–Crippen LogP) is 9.63. The number of rotatable bonds is 8. The number of alkyl halides is 1. The molecule has 10 atom stereocenters. The lowest BCUT2D eigenvalue weighted by atomic mass is 9.33. The van der Waals surface area contributed by atoms with Gasteiger partial charge in [0.15, 0.2) is 0 Å². The maximum absolute atomic E-state index is 14.9. The molecule has 6 fully saturated rings. The second kappa shape index (κ2) is 13.6. The van der Waals surface area contributed by atoms with Crippen LogP contribution in [0.3, 0.4) is 0 Å². The fourth-order valence-corrected chi connectivity index (χ4v) is 16.2. The van der Waals surface area contributed by atoms with Crippen LogP contribution in [-0.4, -0.2) is 74.9 Å². The van der Waals surface area contributed by atoms with E-state index in [1.165, 1.54) is 68.1 Å². The van der Waals surface area contributed by atoms with E-state index in [0.29, 0.717) is 47.8 Å². The smallest absolute Gasteiger partial charge is 0.341 e. The van der Waals surface area contributed by atoms with Crippen molar-refractivity contribution in [1.29, 1.82) is 0 Å². The topological polar surface area (TPSA) is 69.6 Å². The van der Waals surface area contributed by atoms with Gasteiger partial charge in [0.25, 0.3) is 0 Å². The summed E-state index contributed by atoms with van der Waals surface area (Å²) in [6, 6.07) is 0. The average molecular weight is 753 g/mol. The molecule has 0 aromatic carbocycles. The van der Waals surface area contributed by atoms with Crippen molar-refractivity contribution in [2.24, 2.45) is 51.2 Å². The first-order valence-corrected chi connectivity index (χ1v) is 23.7. The number of hydrogen-bond donors (Lipinski definition) is 2. The average Bonchev–Trinajstić information content (AvgIpc) is 3.47. The molecule has 298 valence electrons. The Labute approximate surface area is 322 Å². The lowest BCUT2D eigenvalue weighted by Gasteiger charge is -2.72. The quantitative estimate of drug-likeness (QED) is 0.191. The van der Waals surface area contributed by atoms with Crippen molar-refractivity contribution < 1.29 is 18.5 Å². The van der Waals surface area contributed by atoms with Gasteiger partial charge < -0.3 is 15.3 Å². The van der Waals surface area contributed by atoms with Crippen molar-refractivity contribution >= 4 is 21.4 Å². The molecule has 0 radical (unpaired) electrons. The number of piperidine rings is 1. The van der Waals surface area contributed by atoms with E-state index in [-0.39, 0.29) is 39.9 Å². The number of carboxylic acids is 1. The first-order valence-electron chi connectivity index (χ1n) is 21.5. The third kappa shape index (κ3) is 6.39. The number of likely N-dealkylation sites (tertiary alicyclic amines) is 1. The predicted molar refractivity (Wildman–Crippen MR) is 219 cm³/mol. The summed E-state index contributed by atoms with van der Waals surface area (Å²) in [5, 5.41) is 14.0. The van der Waals surface area contributed by atoms with Gasteiger partial charge in [0, 0.05) is 30.1 Å². The molecule has 1 unspecified atom stereocenters. The normalized spacial score (nSPS) is 45.5. The number of allylic oxidation sites excluding steroid dienone is 5. The zero-order valence-electron chi connectivity index (χ0n) is 34.5. The molecule has 0 spiro atoms. The molecular formula is C46H73FN2O3S. The molecule has 1 aliphatic heterocycles. The maximum atomic E-state index is 14.9. The number of fused-ring (bicyclic) bond motifs is 7. The summed E-state index contributed by atoms with van der Waals surface area (Å²) in [5.41, 5.74) is 2.99. The summed E-state index contributed by atoms with van der Waals surface area (Å²) in [7, 11) is -1.96. The van der Waals surface area contributed by atoms with E-state index >= 15 is 0 Å². The van der Waals surface area contributed by atoms with E-state index in [1.54, 1.807) is 0 Å². The van der Waals surface area contributed by atoms with Crippen LogP contribution in [0.1, 0.15) is 138 Å². The number of aliphatic carboxylic acids is 1. The molecule has 0 aromatic rings.